The number of hydrogen-bond acceptors (Lipinski definition) is 4. The van der Waals surface area contributed by atoms with Crippen molar-refractivity contribution in [1.29, 1.82) is 0 Å². The third-order valence-corrected chi connectivity index (χ3v) is 4.87. The van der Waals surface area contributed by atoms with Gasteiger partial charge < -0.3 is 15.7 Å². The van der Waals surface area contributed by atoms with Crippen LogP contribution in [0.25, 0.3) is 0 Å². The Bertz CT molecular complexity index is 774. The molecule has 2 aromatic rings. The van der Waals surface area contributed by atoms with E-state index < -0.39 is 6.10 Å². The molecule has 1 aliphatic heterocycles. The fourth-order valence-corrected chi connectivity index (χ4v) is 3.21. The average molecular weight is 342 g/mol. The van der Waals surface area contributed by atoms with Crippen molar-refractivity contribution in [3.63, 3.8) is 0 Å². The molecule has 1 heterocycles. The second kappa shape index (κ2) is 7.07. The molecular formula is C18H18N2O3S. The monoisotopic (exact) mass is 342 g/mol. The first-order chi connectivity index (χ1) is 11.5. The highest BCUT2D eigenvalue weighted by molar-refractivity contribution is 8.00. The van der Waals surface area contributed by atoms with Crippen LogP contribution >= 0.6 is 11.8 Å². The highest BCUT2D eigenvalue weighted by Crippen LogP contribution is 2.31. The molecule has 0 radical (unpaired) electrons. The van der Waals surface area contributed by atoms with Gasteiger partial charge in [0, 0.05) is 17.0 Å². The van der Waals surface area contributed by atoms with E-state index in [9.17, 15) is 14.7 Å². The first kappa shape index (κ1) is 16.5. The van der Waals surface area contributed by atoms with Crippen LogP contribution in [0.15, 0.2) is 47.4 Å². The molecule has 5 nitrogen and oxygen atoms in total. The number of fused-ring (bicyclic) bond motifs is 1. The highest BCUT2D eigenvalue weighted by atomic mass is 32.2. The number of nitrogens with one attached hydrogen (secondary N) is 2. The summed E-state index contributed by atoms with van der Waals surface area (Å²) in [5.74, 6) is 0.0370. The quantitative estimate of drug-likeness (QED) is 0.798. The lowest BCUT2D eigenvalue weighted by Crippen LogP contribution is -2.28. The fraction of sp³-hybridized carbons (Fsp3) is 0.222. The van der Waals surface area contributed by atoms with Gasteiger partial charge in [-0.15, -0.1) is 11.8 Å². The minimum Gasteiger partial charge on any atom is -0.387 e. The molecule has 0 saturated heterocycles. The van der Waals surface area contributed by atoms with Crippen LogP contribution in [0.1, 0.15) is 27.6 Å². The second-order valence-electron chi connectivity index (χ2n) is 5.68. The number of aliphatic hydroxyl groups excluding tert-OH is 1. The molecule has 1 unspecified atom stereocenters. The van der Waals surface area contributed by atoms with Crippen LogP contribution in [0.5, 0.6) is 0 Å². The summed E-state index contributed by atoms with van der Waals surface area (Å²) in [6.07, 6.45) is -0.762. The van der Waals surface area contributed by atoms with Gasteiger partial charge in [-0.1, -0.05) is 29.8 Å². The second-order valence-corrected chi connectivity index (χ2v) is 6.70. The molecule has 0 aromatic heterocycles. The topological polar surface area (TPSA) is 78.4 Å². The summed E-state index contributed by atoms with van der Waals surface area (Å²) in [4.78, 5) is 24.6. The van der Waals surface area contributed by atoms with Gasteiger partial charge in [0.1, 0.15) is 0 Å². The molecule has 6 heteroatoms. The van der Waals surface area contributed by atoms with Gasteiger partial charge in [0.25, 0.3) is 5.91 Å². The highest BCUT2D eigenvalue weighted by Gasteiger charge is 2.17. The minimum absolute atomic E-state index is 0.0696. The van der Waals surface area contributed by atoms with Crippen molar-refractivity contribution in [3.05, 3.63) is 59.2 Å². The fourth-order valence-electron chi connectivity index (χ4n) is 2.42. The summed E-state index contributed by atoms with van der Waals surface area (Å²) in [6.45, 7) is 2.10. The van der Waals surface area contributed by atoms with Gasteiger partial charge in [-0.3, -0.25) is 9.59 Å². The number of amides is 2. The zero-order valence-corrected chi connectivity index (χ0v) is 14.0. The van der Waals surface area contributed by atoms with Gasteiger partial charge in [0.15, 0.2) is 0 Å². The van der Waals surface area contributed by atoms with Crippen LogP contribution < -0.4 is 10.6 Å². The van der Waals surface area contributed by atoms with Crippen LogP contribution in [0.2, 0.25) is 0 Å². The number of benzene rings is 2. The molecule has 3 rings (SSSR count). The third kappa shape index (κ3) is 3.77. The molecule has 124 valence electrons. The predicted octanol–water partition coefficient (Wildman–Crippen LogP) is 2.50. The molecule has 0 fully saturated rings. The Morgan fingerprint density at radius 3 is 2.79 bits per heavy atom. The van der Waals surface area contributed by atoms with E-state index in [4.69, 9.17) is 0 Å². The van der Waals surface area contributed by atoms with Gasteiger partial charge in [-0.25, -0.2) is 0 Å². The molecule has 2 aromatic carbocycles. The van der Waals surface area contributed by atoms with Crippen LogP contribution in [0.4, 0.5) is 5.69 Å². The van der Waals surface area contributed by atoms with Gasteiger partial charge in [-0.2, -0.15) is 0 Å². The molecule has 1 aliphatic rings. The van der Waals surface area contributed by atoms with E-state index in [-0.39, 0.29) is 18.4 Å². The maximum atomic E-state index is 12.3. The van der Waals surface area contributed by atoms with Crippen molar-refractivity contribution in [2.45, 2.75) is 17.9 Å². The van der Waals surface area contributed by atoms with Crippen molar-refractivity contribution in [2.24, 2.45) is 0 Å². The lowest BCUT2D eigenvalue weighted by Gasteiger charge is -2.17. The Hall–Kier alpha value is -2.31. The molecular weight excluding hydrogens is 324 g/mol. The maximum Gasteiger partial charge on any atom is 0.251 e. The van der Waals surface area contributed by atoms with Gasteiger partial charge in [-0.05, 0) is 30.7 Å². The summed E-state index contributed by atoms with van der Waals surface area (Å²) < 4.78 is 0. The van der Waals surface area contributed by atoms with E-state index in [1.807, 2.05) is 37.3 Å². The molecule has 1 atom stereocenters. The number of anilines is 1. The van der Waals surface area contributed by atoms with E-state index >= 15 is 0 Å². The summed E-state index contributed by atoms with van der Waals surface area (Å²) in [6, 6.07) is 12.7. The summed E-state index contributed by atoms with van der Waals surface area (Å²) in [5, 5.41) is 15.6. The lowest BCUT2D eigenvalue weighted by molar-refractivity contribution is -0.113. The Balaban J connectivity index is 1.64. The van der Waals surface area contributed by atoms with E-state index in [0.29, 0.717) is 17.0 Å². The average Bonchev–Trinajstić information content (AvgIpc) is 2.59. The van der Waals surface area contributed by atoms with Gasteiger partial charge >= 0.3 is 0 Å². The molecule has 0 aliphatic carbocycles. The standard InChI is InChI=1S/C18H18N2O3S/c1-11-2-4-12(5-3-11)15(21)9-19-18(23)13-6-7-16-14(8-13)20-17(22)10-24-16/h2-8,15,21H,9-10H2,1H3,(H,19,23)(H,20,22). The molecule has 24 heavy (non-hydrogen) atoms. The number of aryl methyl sites for hydroxylation is 1. The number of hydrogen-bond donors (Lipinski definition) is 3. The first-order valence-corrected chi connectivity index (χ1v) is 8.61. The first-order valence-electron chi connectivity index (χ1n) is 7.62. The van der Waals surface area contributed by atoms with Crippen LogP contribution in [-0.4, -0.2) is 29.2 Å². The van der Waals surface area contributed by atoms with Gasteiger partial charge in [0.2, 0.25) is 5.91 Å². The van der Waals surface area contributed by atoms with Gasteiger partial charge in [0.05, 0.1) is 17.5 Å². The van der Waals surface area contributed by atoms with Crippen molar-refractivity contribution >= 4 is 29.3 Å². The van der Waals surface area contributed by atoms with E-state index in [0.717, 1.165) is 16.0 Å². The molecule has 2 amide bonds. The molecule has 0 saturated carbocycles. The van der Waals surface area contributed by atoms with Crippen molar-refractivity contribution in [2.75, 3.05) is 17.6 Å². The zero-order chi connectivity index (χ0) is 17.1. The van der Waals surface area contributed by atoms with E-state index in [2.05, 4.69) is 10.6 Å². The number of thioether (sulfide) groups is 1. The van der Waals surface area contributed by atoms with Crippen LogP contribution in [-0.2, 0) is 4.79 Å². The Kier molecular flexibility index (Phi) is 4.87. The molecule has 0 bridgehead atoms. The lowest BCUT2D eigenvalue weighted by atomic mass is 10.1. The van der Waals surface area contributed by atoms with Crippen molar-refractivity contribution < 1.29 is 14.7 Å². The van der Waals surface area contributed by atoms with Crippen LogP contribution in [0.3, 0.4) is 0 Å². The molecule has 0 spiro atoms. The van der Waals surface area contributed by atoms with Crippen LogP contribution in [0, 0.1) is 6.92 Å². The van der Waals surface area contributed by atoms with E-state index in [1.165, 1.54) is 11.8 Å². The SMILES string of the molecule is Cc1ccc(C(O)CNC(=O)c2ccc3c(c2)NC(=O)CS3)cc1. The Labute approximate surface area is 144 Å². The summed E-state index contributed by atoms with van der Waals surface area (Å²) in [5.41, 5.74) is 2.98. The van der Waals surface area contributed by atoms with Crippen molar-refractivity contribution in [1.82, 2.24) is 5.32 Å². The number of carbonyl (C=O) groups excluding carboxylic acids is 2. The zero-order valence-electron chi connectivity index (χ0n) is 13.2. The molecule has 3 N–H and O–H groups in total. The number of rotatable bonds is 4. The largest absolute Gasteiger partial charge is 0.387 e. The summed E-state index contributed by atoms with van der Waals surface area (Å²) in [7, 11) is 0. The number of aliphatic hydroxyl groups is 1. The maximum absolute atomic E-state index is 12.3. The Morgan fingerprint density at radius 1 is 1.29 bits per heavy atom. The minimum atomic E-state index is -0.762. The third-order valence-electron chi connectivity index (χ3n) is 3.79. The predicted molar refractivity (Wildman–Crippen MR) is 94.3 cm³/mol. The Morgan fingerprint density at radius 2 is 2.04 bits per heavy atom. The summed E-state index contributed by atoms with van der Waals surface area (Å²) >= 11 is 1.45. The van der Waals surface area contributed by atoms with Crippen molar-refractivity contribution in [3.8, 4) is 0 Å². The normalized spacial score (nSPS) is 14.5. The smallest absolute Gasteiger partial charge is 0.251 e. The van der Waals surface area contributed by atoms with E-state index in [1.54, 1.807) is 12.1 Å². The number of carbonyl (C=O) groups is 2.